The normalized spacial score (nSPS) is 33.4. The molecule has 3 unspecified atom stereocenters. The lowest BCUT2D eigenvalue weighted by Gasteiger charge is -2.50. The third-order valence-electron chi connectivity index (χ3n) is 4.53. The molecule has 3 heteroatoms. The van der Waals surface area contributed by atoms with Gasteiger partial charge in [0.05, 0.1) is 0 Å². The van der Waals surface area contributed by atoms with Crippen LogP contribution in [0, 0.1) is 0 Å². The van der Waals surface area contributed by atoms with Crippen molar-refractivity contribution in [2.24, 2.45) is 0 Å². The van der Waals surface area contributed by atoms with Crippen LogP contribution >= 0.6 is 11.8 Å². The summed E-state index contributed by atoms with van der Waals surface area (Å²) in [5.74, 6) is 1.30. The van der Waals surface area contributed by atoms with E-state index in [1.807, 2.05) is 11.8 Å². The Hall–Kier alpha value is 0.270. The van der Waals surface area contributed by atoms with Crippen molar-refractivity contribution in [2.75, 3.05) is 31.6 Å². The third kappa shape index (κ3) is 3.18. The molecule has 0 bridgehead atoms. The van der Waals surface area contributed by atoms with Crippen molar-refractivity contribution in [3.8, 4) is 0 Å². The molecule has 0 spiro atoms. The highest BCUT2D eigenvalue weighted by Gasteiger charge is 2.35. The minimum Gasteiger partial charge on any atom is -0.298 e. The van der Waals surface area contributed by atoms with Gasteiger partial charge in [-0.15, -0.1) is 0 Å². The summed E-state index contributed by atoms with van der Waals surface area (Å²) in [6, 6.07) is 2.40. The van der Waals surface area contributed by atoms with E-state index in [1.54, 1.807) is 0 Å². The summed E-state index contributed by atoms with van der Waals surface area (Å²) in [6.45, 7) is 8.74. The van der Waals surface area contributed by atoms with Crippen LogP contribution in [0.5, 0.6) is 0 Å². The lowest BCUT2D eigenvalue weighted by molar-refractivity contribution is -0.00362. The average Bonchev–Trinajstić information content (AvgIpc) is 2.35. The Balaban J connectivity index is 1.97. The molecule has 0 amide bonds. The van der Waals surface area contributed by atoms with Gasteiger partial charge in [0, 0.05) is 37.0 Å². The van der Waals surface area contributed by atoms with Gasteiger partial charge >= 0.3 is 0 Å². The number of piperazine rings is 1. The largest absolute Gasteiger partial charge is 0.298 e. The smallest absolute Gasteiger partial charge is 0.0224 e. The lowest BCUT2D eigenvalue weighted by Crippen LogP contribution is -2.61. The molecule has 0 saturated carbocycles. The second kappa shape index (κ2) is 6.44. The Morgan fingerprint density at radius 2 is 2.12 bits per heavy atom. The number of nitrogens with zero attached hydrogens (tertiary/aromatic N) is 2. The Kier molecular flexibility index (Phi) is 5.19. The Morgan fingerprint density at radius 1 is 1.29 bits per heavy atom. The van der Waals surface area contributed by atoms with Gasteiger partial charge in [-0.25, -0.2) is 0 Å². The topological polar surface area (TPSA) is 6.48 Å². The van der Waals surface area contributed by atoms with E-state index in [0.29, 0.717) is 0 Å². The van der Waals surface area contributed by atoms with Crippen LogP contribution in [0.3, 0.4) is 0 Å². The fraction of sp³-hybridized carbons (Fsp3) is 1.00. The van der Waals surface area contributed by atoms with Crippen LogP contribution < -0.4 is 0 Å². The van der Waals surface area contributed by atoms with E-state index < -0.39 is 0 Å². The molecule has 17 heavy (non-hydrogen) atoms. The first kappa shape index (κ1) is 13.7. The van der Waals surface area contributed by atoms with E-state index in [0.717, 1.165) is 18.1 Å². The Labute approximate surface area is 111 Å². The summed E-state index contributed by atoms with van der Waals surface area (Å²) in [7, 11) is 0. The zero-order valence-corrected chi connectivity index (χ0v) is 12.5. The quantitative estimate of drug-likeness (QED) is 0.763. The molecule has 0 aromatic rings. The van der Waals surface area contributed by atoms with Gasteiger partial charge in [-0.2, -0.15) is 11.8 Å². The van der Waals surface area contributed by atoms with Crippen LogP contribution in [-0.2, 0) is 0 Å². The maximum absolute atomic E-state index is 2.79. The first-order valence-electron chi connectivity index (χ1n) is 7.25. The van der Waals surface area contributed by atoms with E-state index >= 15 is 0 Å². The predicted molar refractivity (Wildman–Crippen MR) is 77.8 cm³/mol. The molecule has 2 aliphatic heterocycles. The zero-order valence-electron chi connectivity index (χ0n) is 11.7. The van der Waals surface area contributed by atoms with Crippen LogP contribution in [0.15, 0.2) is 0 Å². The van der Waals surface area contributed by atoms with Crippen LogP contribution in [0.4, 0.5) is 0 Å². The molecule has 0 aromatic heterocycles. The minimum absolute atomic E-state index is 0.751. The highest BCUT2D eigenvalue weighted by atomic mass is 32.2. The SMILES string of the molecule is CCC(CSC)N1CC2CCCCN2CC1C. The number of rotatable bonds is 4. The second-order valence-electron chi connectivity index (χ2n) is 5.71. The maximum Gasteiger partial charge on any atom is 0.0224 e. The van der Waals surface area contributed by atoms with Crippen molar-refractivity contribution in [1.29, 1.82) is 0 Å². The molecular weight excluding hydrogens is 228 g/mol. The molecule has 100 valence electrons. The van der Waals surface area contributed by atoms with E-state index in [9.17, 15) is 0 Å². The fourth-order valence-corrected chi connectivity index (χ4v) is 4.34. The summed E-state index contributed by atoms with van der Waals surface area (Å²) in [6.07, 6.45) is 7.84. The summed E-state index contributed by atoms with van der Waals surface area (Å²) in [4.78, 5) is 5.54. The third-order valence-corrected chi connectivity index (χ3v) is 5.25. The number of fused-ring (bicyclic) bond motifs is 1. The summed E-state index contributed by atoms with van der Waals surface area (Å²) >= 11 is 2.00. The lowest BCUT2D eigenvalue weighted by atomic mass is 9.96. The first-order chi connectivity index (χ1) is 8.26. The van der Waals surface area contributed by atoms with E-state index in [-0.39, 0.29) is 0 Å². The van der Waals surface area contributed by atoms with Crippen LogP contribution in [0.1, 0.15) is 39.5 Å². The molecule has 2 fully saturated rings. The average molecular weight is 256 g/mol. The molecule has 0 N–H and O–H groups in total. The van der Waals surface area contributed by atoms with Crippen molar-refractivity contribution in [3.05, 3.63) is 0 Å². The summed E-state index contributed by atoms with van der Waals surface area (Å²) in [5, 5.41) is 0. The van der Waals surface area contributed by atoms with Crippen LogP contribution in [0.2, 0.25) is 0 Å². The molecule has 0 radical (unpaired) electrons. The Bertz CT molecular complexity index is 234. The molecule has 2 rings (SSSR count). The van der Waals surface area contributed by atoms with Crippen molar-refractivity contribution in [2.45, 2.75) is 57.7 Å². The molecule has 0 aliphatic carbocycles. The van der Waals surface area contributed by atoms with Gasteiger partial charge in [-0.1, -0.05) is 13.3 Å². The van der Waals surface area contributed by atoms with Gasteiger partial charge in [-0.05, 0) is 39.0 Å². The minimum atomic E-state index is 0.751. The standard InChI is InChI=1S/C14H28N2S/c1-4-13(11-17-3)16-10-14-7-5-6-8-15(14)9-12(16)2/h12-14H,4-11H2,1-3H3. The van der Waals surface area contributed by atoms with Gasteiger partial charge in [-0.3, -0.25) is 9.80 Å². The molecule has 2 aliphatic rings. The highest BCUT2D eigenvalue weighted by Crippen LogP contribution is 2.26. The maximum atomic E-state index is 2.79. The summed E-state index contributed by atoms with van der Waals surface area (Å²) < 4.78 is 0. The number of thioether (sulfide) groups is 1. The van der Waals surface area contributed by atoms with E-state index in [1.165, 1.54) is 51.1 Å². The van der Waals surface area contributed by atoms with Crippen molar-refractivity contribution in [1.82, 2.24) is 9.80 Å². The number of hydrogen-bond donors (Lipinski definition) is 0. The van der Waals surface area contributed by atoms with E-state index in [2.05, 4.69) is 29.9 Å². The fourth-order valence-electron chi connectivity index (χ4n) is 3.52. The van der Waals surface area contributed by atoms with Crippen molar-refractivity contribution >= 4 is 11.8 Å². The second-order valence-corrected chi connectivity index (χ2v) is 6.62. The number of piperidine rings is 1. The zero-order chi connectivity index (χ0) is 12.3. The van der Waals surface area contributed by atoms with Gasteiger partial charge in [0.1, 0.15) is 0 Å². The predicted octanol–water partition coefficient (Wildman–Crippen LogP) is 2.69. The highest BCUT2D eigenvalue weighted by molar-refractivity contribution is 7.98. The van der Waals surface area contributed by atoms with Gasteiger partial charge in [0.15, 0.2) is 0 Å². The monoisotopic (exact) mass is 256 g/mol. The molecule has 0 aromatic carbocycles. The molecule has 3 atom stereocenters. The van der Waals surface area contributed by atoms with Gasteiger partial charge in [0.2, 0.25) is 0 Å². The van der Waals surface area contributed by atoms with Crippen molar-refractivity contribution in [3.63, 3.8) is 0 Å². The van der Waals surface area contributed by atoms with E-state index in [4.69, 9.17) is 0 Å². The number of hydrogen-bond acceptors (Lipinski definition) is 3. The van der Waals surface area contributed by atoms with Gasteiger partial charge in [0.25, 0.3) is 0 Å². The molecule has 2 saturated heterocycles. The first-order valence-corrected chi connectivity index (χ1v) is 8.64. The van der Waals surface area contributed by atoms with Crippen molar-refractivity contribution < 1.29 is 0 Å². The van der Waals surface area contributed by atoms with Crippen LogP contribution in [-0.4, -0.2) is 59.6 Å². The molecular formula is C14H28N2S. The molecule has 2 nitrogen and oxygen atoms in total. The van der Waals surface area contributed by atoms with Crippen LogP contribution in [0.25, 0.3) is 0 Å². The Morgan fingerprint density at radius 3 is 2.82 bits per heavy atom. The summed E-state index contributed by atoms with van der Waals surface area (Å²) in [5.41, 5.74) is 0. The van der Waals surface area contributed by atoms with Gasteiger partial charge < -0.3 is 0 Å². The molecule has 2 heterocycles.